The zero-order chi connectivity index (χ0) is 16.1. The van der Waals surface area contributed by atoms with Crippen LogP contribution >= 0.6 is 0 Å². The van der Waals surface area contributed by atoms with E-state index in [1.165, 1.54) is 24.3 Å². The predicted octanol–water partition coefficient (Wildman–Crippen LogP) is 2.98. The van der Waals surface area contributed by atoms with Gasteiger partial charge in [-0.2, -0.15) is 0 Å². The molecule has 110 valence electrons. The van der Waals surface area contributed by atoms with E-state index in [1.807, 2.05) is 0 Å². The summed E-state index contributed by atoms with van der Waals surface area (Å²) in [6.45, 7) is 0. The van der Waals surface area contributed by atoms with Crippen molar-refractivity contribution >= 4 is 23.8 Å². The highest BCUT2D eigenvalue weighted by molar-refractivity contribution is 6.07. The quantitative estimate of drug-likeness (QED) is 0.653. The van der Waals surface area contributed by atoms with Crippen LogP contribution in [0.2, 0.25) is 0 Å². The van der Waals surface area contributed by atoms with Gasteiger partial charge in [-0.05, 0) is 23.8 Å². The summed E-state index contributed by atoms with van der Waals surface area (Å²) in [6.07, 6.45) is 2.63. The number of carboxylic acids is 2. The van der Waals surface area contributed by atoms with E-state index in [0.717, 1.165) is 6.07 Å². The van der Waals surface area contributed by atoms with Gasteiger partial charge in [-0.15, -0.1) is 0 Å². The molecular formula is C17H12O5. The Hall–Kier alpha value is -3.21. The second-order valence-corrected chi connectivity index (χ2v) is 4.48. The number of benzene rings is 2. The summed E-state index contributed by atoms with van der Waals surface area (Å²) >= 11 is 0. The number of carboxylic acid groups (broad SMARTS) is 2. The maximum Gasteiger partial charge on any atom is 0.336 e. The minimum Gasteiger partial charge on any atom is -0.478 e. The molecule has 0 aliphatic carbocycles. The average Bonchev–Trinajstić information content (AvgIpc) is 2.53. The molecule has 0 atom stereocenters. The molecule has 2 rings (SSSR count). The zero-order valence-corrected chi connectivity index (χ0v) is 11.4. The largest absolute Gasteiger partial charge is 0.478 e. The fourth-order valence-corrected chi connectivity index (χ4v) is 1.88. The molecule has 2 aromatic rings. The first-order chi connectivity index (χ1) is 10.5. The standard InChI is InChI=1S/C17H12O5/c18-15(12-4-2-1-3-5-12)9-8-11-6-7-13(16(19)20)10-14(11)17(21)22/h1-10H,(H,19,20)(H,21,22). The van der Waals surface area contributed by atoms with E-state index in [-0.39, 0.29) is 22.5 Å². The Labute approximate surface area is 126 Å². The maximum atomic E-state index is 11.9. The summed E-state index contributed by atoms with van der Waals surface area (Å²) in [7, 11) is 0. The monoisotopic (exact) mass is 296 g/mol. The first kappa shape index (κ1) is 15.2. The van der Waals surface area contributed by atoms with E-state index < -0.39 is 11.9 Å². The molecule has 0 heterocycles. The Balaban J connectivity index is 2.33. The molecule has 0 spiro atoms. The van der Waals surface area contributed by atoms with Crippen molar-refractivity contribution in [1.29, 1.82) is 0 Å². The third-order valence-electron chi connectivity index (χ3n) is 3.00. The van der Waals surface area contributed by atoms with Crippen molar-refractivity contribution in [2.45, 2.75) is 0 Å². The van der Waals surface area contributed by atoms with Gasteiger partial charge in [0.05, 0.1) is 11.1 Å². The van der Waals surface area contributed by atoms with E-state index in [2.05, 4.69) is 0 Å². The van der Waals surface area contributed by atoms with Crippen molar-refractivity contribution < 1.29 is 24.6 Å². The molecule has 0 unspecified atom stereocenters. The smallest absolute Gasteiger partial charge is 0.336 e. The highest BCUT2D eigenvalue weighted by atomic mass is 16.4. The summed E-state index contributed by atoms with van der Waals surface area (Å²) in [5.74, 6) is -2.73. The van der Waals surface area contributed by atoms with Crippen LogP contribution in [0.25, 0.3) is 6.08 Å². The lowest BCUT2D eigenvalue weighted by atomic mass is 10.0. The normalized spacial score (nSPS) is 10.5. The molecule has 0 bridgehead atoms. The highest BCUT2D eigenvalue weighted by Gasteiger charge is 2.12. The number of rotatable bonds is 5. The lowest BCUT2D eigenvalue weighted by molar-refractivity contribution is 0.0695. The van der Waals surface area contributed by atoms with Crippen molar-refractivity contribution in [3.63, 3.8) is 0 Å². The zero-order valence-electron chi connectivity index (χ0n) is 11.4. The summed E-state index contributed by atoms with van der Waals surface area (Å²) in [6, 6.07) is 12.3. The molecule has 5 heteroatoms. The third kappa shape index (κ3) is 3.46. The maximum absolute atomic E-state index is 11.9. The first-order valence-electron chi connectivity index (χ1n) is 6.37. The summed E-state index contributed by atoms with van der Waals surface area (Å²) < 4.78 is 0. The van der Waals surface area contributed by atoms with Crippen LogP contribution in [0.5, 0.6) is 0 Å². The Morgan fingerprint density at radius 3 is 2.09 bits per heavy atom. The second kappa shape index (κ2) is 6.49. The van der Waals surface area contributed by atoms with Gasteiger partial charge < -0.3 is 10.2 Å². The molecule has 0 amide bonds. The number of allylic oxidation sites excluding steroid dienone is 1. The summed E-state index contributed by atoms with van der Waals surface area (Å²) in [5, 5.41) is 18.0. The Kier molecular flexibility index (Phi) is 4.48. The van der Waals surface area contributed by atoms with E-state index in [0.29, 0.717) is 5.56 Å². The number of hydrogen-bond donors (Lipinski definition) is 2. The Bertz CT molecular complexity index is 760. The third-order valence-corrected chi connectivity index (χ3v) is 3.00. The van der Waals surface area contributed by atoms with Gasteiger partial charge >= 0.3 is 11.9 Å². The first-order valence-corrected chi connectivity index (χ1v) is 6.37. The number of ketones is 1. The fourth-order valence-electron chi connectivity index (χ4n) is 1.88. The molecule has 0 saturated carbocycles. The molecular weight excluding hydrogens is 284 g/mol. The van der Waals surface area contributed by atoms with Crippen molar-refractivity contribution in [3.8, 4) is 0 Å². The molecule has 22 heavy (non-hydrogen) atoms. The van der Waals surface area contributed by atoms with Gasteiger partial charge in [0.2, 0.25) is 0 Å². The van der Waals surface area contributed by atoms with Crippen LogP contribution in [0.3, 0.4) is 0 Å². The van der Waals surface area contributed by atoms with Crippen molar-refractivity contribution in [2.24, 2.45) is 0 Å². The number of hydrogen-bond acceptors (Lipinski definition) is 3. The van der Waals surface area contributed by atoms with E-state index >= 15 is 0 Å². The summed E-state index contributed by atoms with van der Waals surface area (Å²) in [4.78, 5) is 34.0. The van der Waals surface area contributed by atoms with Gasteiger partial charge in [0, 0.05) is 5.56 Å². The summed E-state index contributed by atoms with van der Waals surface area (Å²) in [5.41, 5.74) is 0.459. The van der Waals surface area contributed by atoms with Gasteiger partial charge in [-0.1, -0.05) is 42.5 Å². The number of aromatic carboxylic acids is 2. The number of carbonyl (C=O) groups is 3. The lowest BCUT2D eigenvalue weighted by Crippen LogP contribution is -2.04. The van der Waals surface area contributed by atoms with E-state index in [4.69, 9.17) is 10.2 Å². The van der Waals surface area contributed by atoms with Crippen LogP contribution in [-0.2, 0) is 0 Å². The molecule has 2 aromatic carbocycles. The molecule has 0 saturated heterocycles. The molecule has 0 radical (unpaired) electrons. The molecule has 0 fully saturated rings. The molecule has 2 N–H and O–H groups in total. The van der Waals surface area contributed by atoms with Crippen molar-refractivity contribution in [2.75, 3.05) is 0 Å². The molecule has 0 aromatic heterocycles. The minimum absolute atomic E-state index is 0.121. The molecule has 0 aliphatic rings. The highest BCUT2D eigenvalue weighted by Crippen LogP contribution is 2.15. The predicted molar refractivity (Wildman–Crippen MR) is 80.2 cm³/mol. The number of carbonyl (C=O) groups excluding carboxylic acids is 1. The second-order valence-electron chi connectivity index (χ2n) is 4.48. The van der Waals surface area contributed by atoms with Gasteiger partial charge in [0.25, 0.3) is 0 Å². The van der Waals surface area contributed by atoms with E-state index in [1.54, 1.807) is 30.3 Å². The van der Waals surface area contributed by atoms with Crippen LogP contribution in [0.1, 0.15) is 36.6 Å². The van der Waals surface area contributed by atoms with Crippen LogP contribution in [0, 0.1) is 0 Å². The molecule has 5 nitrogen and oxygen atoms in total. The van der Waals surface area contributed by atoms with Gasteiger partial charge in [-0.3, -0.25) is 4.79 Å². The topological polar surface area (TPSA) is 91.7 Å². The fraction of sp³-hybridized carbons (Fsp3) is 0. The van der Waals surface area contributed by atoms with Crippen LogP contribution in [0.15, 0.2) is 54.6 Å². The van der Waals surface area contributed by atoms with Gasteiger partial charge in [0.1, 0.15) is 0 Å². The minimum atomic E-state index is -1.25. The Morgan fingerprint density at radius 2 is 1.50 bits per heavy atom. The van der Waals surface area contributed by atoms with Gasteiger partial charge in [-0.25, -0.2) is 9.59 Å². The molecule has 0 aliphatic heterocycles. The SMILES string of the molecule is O=C(O)c1ccc(C=CC(=O)c2ccccc2)c(C(=O)O)c1. The van der Waals surface area contributed by atoms with Crippen LogP contribution < -0.4 is 0 Å². The van der Waals surface area contributed by atoms with Crippen molar-refractivity contribution in [3.05, 3.63) is 76.9 Å². The lowest BCUT2D eigenvalue weighted by Gasteiger charge is -2.03. The van der Waals surface area contributed by atoms with Crippen LogP contribution in [-0.4, -0.2) is 27.9 Å². The van der Waals surface area contributed by atoms with Crippen molar-refractivity contribution in [1.82, 2.24) is 0 Å². The Morgan fingerprint density at radius 1 is 0.818 bits per heavy atom. The van der Waals surface area contributed by atoms with E-state index in [9.17, 15) is 14.4 Å². The average molecular weight is 296 g/mol. The van der Waals surface area contributed by atoms with Crippen LogP contribution in [0.4, 0.5) is 0 Å². The van der Waals surface area contributed by atoms with Gasteiger partial charge in [0.15, 0.2) is 5.78 Å².